The quantitative estimate of drug-likeness (QED) is 0.843. The first-order valence-corrected chi connectivity index (χ1v) is 5.98. The van der Waals surface area contributed by atoms with Crippen LogP contribution < -0.4 is 5.32 Å². The minimum Gasteiger partial charge on any atom is -0.478 e. The zero-order chi connectivity index (χ0) is 13.1. The van der Waals surface area contributed by atoms with Crippen LogP contribution in [0.2, 0.25) is 0 Å². The number of nitrogens with one attached hydrogen (secondary N) is 1. The molecule has 1 aliphatic rings. The summed E-state index contributed by atoms with van der Waals surface area (Å²) in [5.41, 5.74) is 1.42. The van der Waals surface area contributed by atoms with Crippen LogP contribution in [0.4, 0.5) is 10.5 Å². The van der Waals surface area contributed by atoms with Crippen LogP contribution in [0.1, 0.15) is 28.8 Å². The Morgan fingerprint density at radius 1 is 1.28 bits per heavy atom. The first-order chi connectivity index (χ1) is 8.58. The van der Waals surface area contributed by atoms with E-state index in [0.717, 1.165) is 25.9 Å². The fourth-order valence-corrected chi connectivity index (χ4v) is 2.05. The highest BCUT2D eigenvalue weighted by Gasteiger charge is 2.18. The second-order valence-corrected chi connectivity index (χ2v) is 4.46. The van der Waals surface area contributed by atoms with Crippen LogP contribution >= 0.6 is 0 Å². The van der Waals surface area contributed by atoms with E-state index in [4.69, 9.17) is 5.11 Å². The van der Waals surface area contributed by atoms with Gasteiger partial charge in [0.25, 0.3) is 0 Å². The van der Waals surface area contributed by atoms with Gasteiger partial charge in [0.1, 0.15) is 0 Å². The number of urea groups is 1. The van der Waals surface area contributed by atoms with Crippen molar-refractivity contribution < 1.29 is 14.7 Å². The molecule has 5 heteroatoms. The van der Waals surface area contributed by atoms with Gasteiger partial charge in [0, 0.05) is 18.8 Å². The topological polar surface area (TPSA) is 69.6 Å². The lowest BCUT2D eigenvalue weighted by atomic mass is 10.1. The fraction of sp³-hybridized carbons (Fsp3) is 0.385. The molecule has 1 fully saturated rings. The molecule has 2 amide bonds. The van der Waals surface area contributed by atoms with Gasteiger partial charge in [-0.25, -0.2) is 9.59 Å². The lowest BCUT2D eigenvalue weighted by molar-refractivity contribution is 0.0696. The second kappa shape index (κ2) is 5.08. The molecule has 2 rings (SSSR count). The van der Waals surface area contributed by atoms with Crippen molar-refractivity contribution in [1.82, 2.24) is 4.90 Å². The number of aryl methyl sites for hydroxylation is 1. The van der Waals surface area contributed by atoms with Crippen molar-refractivity contribution in [3.8, 4) is 0 Å². The maximum atomic E-state index is 11.8. The first kappa shape index (κ1) is 12.4. The number of carboxylic acid groups (broad SMARTS) is 1. The third kappa shape index (κ3) is 2.61. The third-order valence-electron chi connectivity index (χ3n) is 3.11. The number of carboxylic acids is 1. The van der Waals surface area contributed by atoms with Crippen LogP contribution in [0.3, 0.4) is 0 Å². The molecular formula is C13H16N2O3. The molecule has 1 aromatic rings. The van der Waals surface area contributed by atoms with Crippen LogP contribution in [0.25, 0.3) is 0 Å². The number of hydrogen-bond donors (Lipinski definition) is 2. The zero-order valence-electron chi connectivity index (χ0n) is 10.3. The van der Waals surface area contributed by atoms with Crippen molar-refractivity contribution in [2.24, 2.45) is 0 Å². The first-order valence-electron chi connectivity index (χ1n) is 5.98. The van der Waals surface area contributed by atoms with Gasteiger partial charge in [-0.1, -0.05) is 6.07 Å². The summed E-state index contributed by atoms with van der Waals surface area (Å²) in [5.74, 6) is -0.982. The maximum absolute atomic E-state index is 11.8. The van der Waals surface area contributed by atoms with Gasteiger partial charge in [-0.15, -0.1) is 0 Å². The largest absolute Gasteiger partial charge is 0.478 e. The van der Waals surface area contributed by atoms with E-state index < -0.39 is 5.97 Å². The van der Waals surface area contributed by atoms with Gasteiger partial charge in [-0.05, 0) is 37.5 Å². The molecule has 1 heterocycles. The van der Waals surface area contributed by atoms with Crippen molar-refractivity contribution in [2.45, 2.75) is 19.8 Å². The molecule has 5 nitrogen and oxygen atoms in total. The summed E-state index contributed by atoms with van der Waals surface area (Å²) >= 11 is 0. The summed E-state index contributed by atoms with van der Waals surface area (Å²) < 4.78 is 0. The summed E-state index contributed by atoms with van der Waals surface area (Å²) in [6.07, 6.45) is 2.06. The smallest absolute Gasteiger partial charge is 0.336 e. The van der Waals surface area contributed by atoms with Crippen molar-refractivity contribution in [1.29, 1.82) is 0 Å². The summed E-state index contributed by atoms with van der Waals surface area (Å²) in [4.78, 5) is 24.6. The molecule has 0 spiro atoms. The van der Waals surface area contributed by atoms with Crippen molar-refractivity contribution in [3.63, 3.8) is 0 Å². The molecule has 1 aromatic carbocycles. The Morgan fingerprint density at radius 2 is 1.94 bits per heavy atom. The molecule has 0 saturated carbocycles. The second-order valence-electron chi connectivity index (χ2n) is 4.46. The van der Waals surface area contributed by atoms with Crippen LogP contribution in [0, 0.1) is 6.92 Å². The monoisotopic (exact) mass is 248 g/mol. The minimum absolute atomic E-state index is 0.160. The highest BCUT2D eigenvalue weighted by molar-refractivity contribution is 5.94. The van der Waals surface area contributed by atoms with Gasteiger partial charge in [-0.2, -0.15) is 0 Å². The number of amides is 2. The molecular weight excluding hydrogens is 232 g/mol. The average molecular weight is 248 g/mol. The van der Waals surface area contributed by atoms with Gasteiger partial charge in [0.2, 0.25) is 0 Å². The lowest BCUT2D eigenvalue weighted by Crippen LogP contribution is -2.32. The van der Waals surface area contributed by atoms with Gasteiger partial charge >= 0.3 is 12.0 Å². The summed E-state index contributed by atoms with van der Waals surface area (Å²) in [5, 5.41) is 11.7. The van der Waals surface area contributed by atoms with E-state index in [-0.39, 0.29) is 11.6 Å². The number of hydrogen-bond acceptors (Lipinski definition) is 2. The predicted molar refractivity (Wildman–Crippen MR) is 68.0 cm³/mol. The summed E-state index contributed by atoms with van der Waals surface area (Å²) in [6.45, 7) is 3.27. The van der Waals surface area contributed by atoms with Crippen molar-refractivity contribution in [3.05, 3.63) is 29.3 Å². The van der Waals surface area contributed by atoms with Crippen LogP contribution in [-0.2, 0) is 0 Å². The molecule has 0 atom stereocenters. The minimum atomic E-state index is -0.982. The Kier molecular flexibility index (Phi) is 3.50. The Bertz CT molecular complexity index is 479. The van der Waals surface area contributed by atoms with Crippen LogP contribution in [-0.4, -0.2) is 35.1 Å². The van der Waals surface area contributed by atoms with Crippen LogP contribution in [0.5, 0.6) is 0 Å². The number of rotatable bonds is 2. The highest BCUT2D eigenvalue weighted by Crippen LogP contribution is 2.17. The highest BCUT2D eigenvalue weighted by atomic mass is 16.4. The molecule has 0 radical (unpaired) electrons. The van der Waals surface area contributed by atoms with Gasteiger partial charge in [0.05, 0.1) is 5.56 Å². The molecule has 2 N–H and O–H groups in total. The van der Waals surface area contributed by atoms with E-state index in [9.17, 15) is 9.59 Å². The lowest BCUT2D eigenvalue weighted by Gasteiger charge is -2.16. The normalized spacial score (nSPS) is 14.6. The number of likely N-dealkylation sites (tertiary alicyclic amines) is 1. The number of anilines is 1. The number of benzene rings is 1. The van der Waals surface area contributed by atoms with E-state index in [1.165, 1.54) is 6.07 Å². The number of carbonyl (C=O) groups is 2. The Balaban J connectivity index is 2.11. The summed E-state index contributed by atoms with van der Waals surface area (Å²) in [6, 6.07) is 4.75. The van der Waals surface area contributed by atoms with Gasteiger partial charge in [0.15, 0.2) is 0 Å². The molecule has 0 aliphatic carbocycles. The van der Waals surface area contributed by atoms with E-state index in [2.05, 4.69) is 5.32 Å². The predicted octanol–water partition coefficient (Wildman–Crippen LogP) is 2.32. The molecule has 0 unspecified atom stereocenters. The molecule has 18 heavy (non-hydrogen) atoms. The van der Waals surface area contributed by atoms with E-state index >= 15 is 0 Å². The van der Waals surface area contributed by atoms with Gasteiger partial charge in [-0.3, -0.25) is 0 Å². The Morgan fingerprint density at radius 3 is 2.56 bits per heavy atom. The molecule has 96 valence electrons. The van der Waals surface area contributed by atoms with E-state index in [1.54, 1.807) is 24.0 Å². The summed E-state index contributed by atoms with van der Waals surface area (Å²) in [7, 11) is 0. The number of nitrogens with zero attached hydrogens (tertiary/aromatic N) is 1. The van der Waals surface area contributed by atoms with E-state index in [1.807, 2.05) is 0 Å². The fourth-order valence-electron chi connectivity index (χ4n) is 2.05. The van der Waals surface area contributed by atoms with Crippen molar-refractivity contribution >= 4 is 17.7 Å². The molecule has 1 aliphatic heterocycles. The molecule has 0 bridgehead atoms. The Hall–Kier alpha value is -2.04. The number of carbonyl (C=O) groups excluding carboxylic acids is 1. The zero-order valence-corrected chi connectivity index (χ0v) is 10.3. The third-order valence-corrected chi connectivity index (χ3v) is 3.11. The Labute approximate surface area is 105 Å². The van der Waals surface area contributed by atoms with E-state index in [0.29, 0.717) is 11.3 Å². The van der Waals surface area contributed by atoms with Crippen molar-refractivity contribution in [2.75, 3.05) is 18.4 Å². The SMILES string of the molecule is Cc1ccc(NC(=O)N2CCCC2)cc1C(=O)O. The molecule has 1 saturated heterocycles. The number of aromatic carboxylic acids is 1. The standard InChI is InChI=1S/C13H16N2O3/c1-9-4-5-10(8-11(9)12(16)17)14-13(18)15-6-2-3-7-15/h4-5,8H,2-3,6-7H2,1H3,(H,14,18)(H,16,17). The molecule has 0 aromatic heterocycles. The maximum Gasteiger partial charge on any atom is 0.336 e. The van der Waals surface area contributed by atoms with Crippen LogP contribution in [0.15, 0.2) is 18.2 Å². The average Bonchev–Trinajstić information content (AvgIpc) is 2.85. The van der Waals surface area contributed by atoms with Gasteiger partial charge < -0.3 is 15.3 Å².